The summed E-state index contributed by atoms with van der Waals surface area (Å²) in [6.45, 7) is 3.77. The standard InChI is InChI=1S/C34H25F5N4O4/c1-34(2)16-45-15-30(34)43-17-41-31-27(39)8-20(10-29(31)43)33(44)47-14-21-9-26(38)22(11-25(21)37)28-6-5-23(35)32(42-28)46-13-19-4-3-18(12-40)7-24(19)36/h3-11,17,30H,13-16H2,1-2H3/t30-/m1/s1. The first kappa shape index (κ1) is 31.6. The van der Waals surface area contributed by atoms with E-state index in [1.54, 1.807) is 10.6 Å². The average Bonchev–Trinajstić information content (AvgIpc) is 3.63. The van der Waals surface area contributed by atoms with E-state index >= 15 is 8.78 Å². The largest absolute Gasteiger partial charge is 0.471 e. The number of halogens is 5. The minimum atomic E-state index is -0.968. The summed E-state index contributed by atoms with van der Waals surface area (Å²) in [7, 11) is 0. The number of rotatable bonds is 8. The summed E-state index contributed by atoms with van der Waals surface area (Å²) >= 11 is 0. The van der Waals surface area contributed by atoms with Crippen molar-refractivity contribution in [1.29, 1.82) is 5.26 Å². The zero-order valence-electron chi connectivity index (χ0n) is 25.0. The molecular formula is C34H25F5N4O4. The molecule has 47 heavy (non-hydrogen) atoms. The Kier molecular flexibility index (Phi) is 8.38. The molecule has 1 saturated heterocycles. The third-order valence-electron chi connectivity index (χ3n) is 7.99. The maximum atomic E-state index is 15.2. The van der Waals surface area contributed by atoms with E-state index in [0.29, 0.717) is 18.7 Å². The molecule has 0 radical (unpaired) electrons. The topological polar surface area (TPSA) is 99.3 Å². The molecule has 0 aliphatic carbocycles. The minimum Gasteiger partial charge on any atom is -0.471 e. The molecule has 240 valence electrons. The molecule has 0 saturated carbocycles. The summed E-state index contributed by atoms with van der Waals surface area (Å²) in [5, 5.41) is 8.88. The Bertz CT molecular complexity index is 2070. The van der Waals surface area contributed by atoms with Crippen LogP contribution in [0, 0.1) is 45.8 Å². The first-order valence-electron chi connectivity index (χ1n) is 14.3. The Morgan fingerprint density at radius 1 is 0.957 bits per heavy atom. The van der Waals surface area contributed by atoms with E-state index in [4.69, 9.17) is 19.5 Å². The predicted molar refractivity (Wildman–Crippen MR) is 157 cm³/mol. The first-order valence-corrected chi connectivity index (χ1v) is 14.3. The number of carbonyl (C=O) groups excluding carboxylic acids is 1. The molecule has 8 nitrogen and oxygen atoms in total. The number of nitrogens with zero attached hydrogens (tertiary/aromatic N) is 4. The number of esters is 1. The van der Waals surface area contributed by atoms with Gasteiger partial charge in [0.1, 0.15) is 36.2 Å². The molecule has 0 amide bonds. The van der Waals surface area contributed by atoms with Crippen LogP contribution in [-0.2, 0) is 22.7 Å². The number of ether oxygens (including phenoxy) is 3. The van der Waals surface area contributed by atoms with E-state index in [1.165, 1.54) is 24.5 Å². The highest BCUT2D eigenvalue weighted by Gasteiger charge is 2.38. The average molecular weight is 649 g/mol. The third-order valence-corrected chi connectivity index (χ3v) is 7.99. The number of hydrogen-bond acceptors (Lipinski definition) is 7. The molecule has 1 aliphatic rings. The Labute approximate surface area is 265 Å². The Morgan fingerprint density at radius 2 is 1.74 bits per heavy atom. The lowest BCUT2D eigenvalue weighted by Gasteiger charge is -2.26. The van der Waals surface area contributed by atoms with Gasteiger partial charge >= 0.3 is 5.97 Å². The van der Waals surface area contributed by atoms with Crippen molar-refractivity contribution in [3.63, 3.8) is 0 Å². The maximum absolute atomic E-state index is 15.2. The molecule has 13 heteroatoms. The molecule has 0 N–H and O–H groups in total. The number of hydrogen-bond donors (Lipinski definition) is 0. The van der Waals surface area contributed by atoms with E-state index in [1.807, 2.05) is 13.8 Å². The molecule has 6 rings (SSSR count). The van der Waals surface area contributed by atoms with Crippen LogP contribution in [0.15, 0.2) is 60.9 Å². The van der Waals surface area contributed by atoms with Crippen LogP contribution < -0.4 is 4.74 Å². The number of benzene rings is 3. The van der Waals surface area contributed by atoms with Crippen LogP contribution in [0.25, 0.3) is 22.3 Å². The fraction of sp³-hybridized carbons (Fsp3) is 0.235. The molecule has 0 unspecified atom stereocenters. The summed E-state index contributed by atoms with van der Waals surface area (Å²) in [6, 6.07) is 11.3. The van der Waals surface area contributed by atoms with E-state index in [9.17, 15) is 18.0 Å². The fourth-order valence-electron chi connectivity index (χ4n) is 5.35. The van der Waals surface area contributed by atoms with Gasteiger partial charge in [0, 0.05) is 22.1 Å². The Balaban J connectivity index is 1.18. The van der Waals surface area contributed by atoms with E-state index < -0.39 is 54.1 Å². The van der Waals surface area contributed by atoms with Gasteiger partial charge in [-0.1, -0.05) is 19.9 Å². The van der Waals surface area contributed by atoms with Gasteiger partial charge in [0.25, 0.3) is 5.88 Å². The summed E-state index contributed by atoms with van der Waals surface area (Å²) in [4.78, 5) is 21.0. The number of pyridine rings is 1. The number of aromatic nitrogens is 3. The molecule has 3 heterocycles. The van der Waals surface area contributed by atoms with Crippen molar-refractivity contribution in [2.24, 2.45) is 5.41 Å². The van der Waals surface area contributed by atoms with E-state index in [0.717, 1.165) is 36.4 Å². The number of carbonyl (C=O) groups is 1. The zero-order chi connectivity index (χ0) is 33.5. The first-order chi connectivity index (χ1) is 22.4. The van der Waals surface area contributed by atoms with Gasteiger partial charge in [-0.2, -0.15) is 5.26 Å². The van der Waals surface area contributed by atoms with Crippen molar-refractivity contribution >= 4 is 17.0 Å². The van der Waals surface area contributed by atoms with Gasteiger partial charge in [-0.05, 0) is 48.5 Å². The number of nitriles is 1. The summed E-state index contributed by atoms with van der Waals surface area (Å²) in [5.41, 5.74) is -0.710. The lowest BCUT2D eigenvalue weighted by atomic mass is 9.87. The fourth-order valence-corrected chi connectivity index (χ4v) is 5.35. The van der Waals surface area contributed by atoms with Gasteiger partial charge in [0.15, 0.2) is 11.6 Å². The van der Waals surface area contributed by atoms with Crippen molar-refractivity contribution in [2.75, 3.05) is 13.2 Å². The van der Waals surface area contributed by atoms with Crippen molar-refractivity contribution in [3.05, 3.63) is 112 Å². The van der Waals surface area contributed by atoms with Crippen LogP contribution in [0.1, 0.15) is 46.9 Å². The van der Waals surface area contributed by atoms with Crippen LogP contribution >= 0.6 is 0 Å². The van der Waals surface area contributed by atoms with Crippen LogP contribution in [-0.4, -0.2) is 33.7 Å². The van der Waals surface area contributed by atoms with E-state index in [-0.39, 0.29) is 50.5 Å². The highest BCUT2D eigenvalue weighted by atomic mass is 19.1. The molecule has 1 atom stereocenters. The van der Waals surface area contributed by atoms with Crippen LogP contribution in [0.2, 0.25) is 0 Å². The lowest BCUT2D eigenvalue weighted by molar-refractivity contribution is 0.0468. The monoisotopic (exact) mass is 648 g/mol. The van der Waals surface area contributed by atoms with E-state index in [2.05, 4.69) is 9.97 Å². The van der Waals surface area contributed by atoms with Gasteiger partial charge in [-0.3, -0.25) is 0 Å². The van der Waals surface area contributed by atoms with Crippen molar-refractivity contribution in [1.82, 2.24) is 14.5 Å². The summed E-state index contributed by atoms with van der Waals surface area (Å²) < 4.78 is 91.7. The second kappa shape index (κ2) is 12.4. The van der Waals surface area contributed by atoms with Gasteiger partial charge in [0.05, 0.1) is 54.0 Å². The quantitative estimate of drug-likeness (QED) is 0.130. The van der Waals surface area contributed by atoms with Crippen molar-refractivity contribution in [2.45, 2.75) is 33.1 Å². The molecule has 1 fully saturated rings. The van der Waals surface area contributed by atoms with Crippen molar-refractivity contribution < 1.29 is 41.0 Å². The molecule has 0 spiro atoms. The normalized spacial score (nSPS) is 15.5. The number of imidazole rings is 1. The van der Waals surface area contributed by atoms with Gasteiger partial charge in [-0.15, -0.1) is 0 Å². The zero-order valence-corrected chi connectivity index (χ0v) is 25.0. The molecule has 5 aromatic rings. The van der Waals surface area contributed by atoms with Gasteiger partial charge in [0.2, 0.25) is 0 Å². The molecular weight excluding hydrogens is 623 g/mol. The van der Waals surface area contributed by atoms with Crippen molar-refractivity contribution in [3.8, 4) is 23.2 Å². The number of fused-ring (bicyclic) bond motifs is 1. The second-order valence-electron chi connectivity index (χ2n) is 11.7. The van der Waals surface area contributed by atoms with Gasteiger partial charge in [-0.25, -0.2) is 36.7 Å². The third kappa shape index (κ3) is 6.24. The Hall–Kier alpha value is -5.35. The second-order valence-corrected chi connectivity index (χ2v) is 11.7. The minimum absolute atomic E-state index is 0.0207. The molecule has 2 aromatic heterocycles. The highest BCUT2D eigenvalue weighted by molar-refractivity contribution is 5.94. The van der Waals surface area contributed by atoms with Gasteiger partial charge < -0.3 is 18.8 Å². The molecule has 3 aromatic carbocycles. The van der Waals surface area contributed by atoms with Crippen LogP contribution in [0.5, 0.6) is 5.88 Å². The Morgan fingerprint density at radius 3 is 2.47 bits per heavy atom. The summed E-state index contributed by atoms with van der Waals surface area (Å²) in [6.07, 6.45) is 1.49. The lowest BCUT2D eigenvalue weighted by Crippen LogP contribution is -2.25. The highest BCUT2D eigenvalue weighted by Crippen LogP contribution is 2.39. The summed E-state index contributed by atoms with van der Waals surface area (Å²) in [5.74, 6) is -5.88. The molecule has 1 aliphatic heterocycles. The predicted octanol–water partition coefficient (Wildman–Crippen LogP) is 7.20. The molecule has 0 bridgehead atoms. The van der Waals surface area contributed by atoms with Crippen LogP contribution in [0.3, 0.4) is 0 Å². The van der Waals surface area contributed by atoms with Crippen LogP contribution in [0.4, 0.5) is 22.0 Å². The maximum Gasteiger partial charge on any atom is 0.338 e. The smallest absolute Gasteiger partial charge is 0.338 e. The SMILES string of the molecule is CC1(C)COC[C@H]1n1cnc2c(F)cc(C(=O)OCc3cc(F)c(-c4ccc(F)c(OCc5ccc(C#N)cc5F)n4)cc3F)cc21.